The van der Waals surface area contributed by atoms with Crippen molar-refractivity contribution < 1.29 is 0 Å². The van der Waals surface area contributed by atoms with Crippen LogP contribution in [-0.4, -0.2) is 21.3 Å². The van der Waals surface area contributed by atoms with Gasteiger partial charge in [0.25, 0.3) is 0 Å². The van der Waals surface area contributed by atoms with Crippen molar-refractivity contribution in [2.24, 2.45) is 0 Å². The molecule has 0 radical (unpaired) electrons. The lowest BCUT2D eigenvalue weighted by molar-refractivity contribution is 0.488. The van der Waals surface area contributed by atoms with E-state index in [0.717, 1.165) is 30.0 Å². The Kier molecular flexibility index (Phi) is 3.00. The normalized spacial score (nSPS) is 17.3. The molecule has 0 saturated heterocycles. The van der Waals surface area contributed by atoms with Crippen molar-refractivity contribution in [3.8, 4) is 11.3 Å². The monoisotopic (exact) mass is 296 g/mol. The molecule has 3 aromatic rings. The summed E-state index contributed by atoms with van der Waals surface area (Å²) in [6, 6.07) is 8.66. The van der Waals surface area contributed by atoms with Crippen molar-refractivity contribution in [1.29, 1.82) is 0 Å². The smallest absolute Gasteiger partial charge is 0.125 e. The van der Waals surface area contributed by atoms with E-state index >= 15 is 0 Å². The molecule has 0 aromatic carbocycles. The molecule has 0 amide bonds. The Bertz CT molecular complexity index is 760. The molecule has 0 spiro atoms. The van der Waals surface area contributed by atoms with Gasteiger partial charge in [-0.3, -0.25) is 4.98 Å². The topological polar surface area (TPSA) is 42.7 Å². The summed E-state index contributed by atoms with van der Waals surface area (Å²) in [6.45, 7) is 3.17. The minimum absolute atomic E-state index is 0.344. The number of pyridine rings is 1. The zero-order valence-electron chi connectivity index (χ0n) is 11.8. The van der Waals surface area contributed by atoms with Gasteiger partial charge in [-0.2, -0.15) is 5.10 Å². The Labute approximate surface area is 127 Å². The van der Waals surface area contributed by atoms with Crippen LogP contribution in [0, 0.1) is 6.92 Å². The number of aromatic nitrogens is 3. The van der Waals surface area contributed by atoms with Gasteiger partial charge in [0.2, 0.25) is 0 Å². The van der Waals surface area contributed by atoms with Crippen molar-refractivity contribution in [3.05, 3.63) is 52.5 Å². The third-order valence-corrected chi connectivity index (χ3v) is 5.06. The van der Waals surface area contributed by atoms with Crippen molar-refractivity contribution in [2.45, 2.75) is 19.4 Å². The molecule has 4 heterocycles. The molecule has 21 heavy (non-hydrogen) atoms. The van der Waals surface area contributed by atoms with Crippen molar-refractivity contribution >= 4 is 17.2 Å². The molecule has 0 fully saturated rings. The lowest BCUT2D eigenvalue weighted by atomic mass is 10.1. The highest BCUT2D eigenvalue weighted by Crippen LogP contribution is 2.36. The van der Waals surface area contributed by atoms with Crippen LogP contribution in [0.5, 0.6) is 0 Å². The van der Waals surface area contributed by atoms with Gasteiger partial charge in [0, 0.05) is 35.4 Å². The SMILES string of the molecule is Cc1ccsc1C1CCNc2cc(-c3ccncc3)nn21. The van der Waals surface area contributed by atoms with Crippen LogP contribution < -0.4 is 5.32 Å². The molecule has 1 N–H and O–H groups in total. The molecular formula is C16H16N4S. The second-order valence-corrected chi connectivity index (χ2v) is 6.24. The first kappa shape index (κ1) is 12.6. The zero-order chi connectivity index (χ0) is 14.2. The highest BCUT2D eigenvalue weighted by molar-refractivity contribution is 7.10. The van der Waals surface area contributed by atoms with Crippen LogP contribution >= 0.6 is 11.3 Å². The predicted octanol–water partition coefficient (Wildman–Crippen LogP) is 3.72. The van der Waals surface area contributed by atoms with Gasteiger partial charge >= 0.3 is 0 Å². The van der Waals surface area contributed by atoms with Crippen molar-refractivity contribution in [3.63, 3.8) is 0 Å². The standard InChI is InChI=1S/C16H16N4S/c1-11-5-9-21-16(11)14-4-8-18-15-10-13(19-20(14)15)12-2-6-17-7-3-12/h2-3,5-7,9-10,14,18H,4,8H2,1H3. The van der Waals surface area contributed by atoms with Gasteiger partial charge in [0.05, 0.1) is 11.7 Å². The molecule has 0 bridgehead atoms. The first-order valence-corrected chi connectivity index (χ1v) is 7.99. The van der Waals surface area contributed by atoms with E-state index < -0.39 is 0 Å². The number of rotatable bonds is 2. The Hall–Kier alpha value is -2.14. The summed E-state index contributed by atoms with van der Waals surface area (Å²) in [6.07, 6.45) is 4.69. The van der Waals surface area contributed by atoms with Crippen molar-refractivity contribution in [1.82, 2.24) is 14.8 Å². The fourth-order valence-electron chi connectivity index (χ4n) is 2.86. The molecule has 5 heteroatoms. The van der Waals surface area contributed by atoms with Gasteiger partial charge in [-0.15, -0.1) is 11.3 Å². The number of fused-ring (bicyclic) bond motifs is 1. The average molecular weight is 296 g/mol. The molecule has 1 aliphatic rings. The highest BCUT2D eigenvalue weighted by atomic mass is 32.1. The number of hydrogen-bond acceptors (Lipinski definition) is 4. The summed E-state index contributed by atoms with van der Waals surface area (Å²) in [5.41, 5.74) is 3.47. The van der Waals surface area contributed by atoms with Crippen LogP contribution in [0.2, 0.25) is 0 Å². The van der Waals surface area contributed by atoms with E-state index in [2.05, 4.69) is 39.4 Å². The van der Waals surface area contributed by atoms with E-state index in [4.69, 9.17) is 5.10 Å². The minimum atomic E-state index is 0.344. The van der Waals surface area contributed by atoms with Crippen LogP contribution in [-0.2, 0) is 0 Å². The fourth-order valence-corrected chi connectivity index (χ4v) is 3.90. The third kappa shape index (κ3) is 2.14. The Morgan fingerprint density at radius 3 is 2.90 bits per heavy atom. The number of nitrogens with one attached hydrogen (secondary N) is 1. The third-order valence-electron chi connectivity index (χ3n) is 3.94. The molecule has 3 aromatic heterocycles. The first-order valence-electron chi connectivity index (χ1n) is 7.11. The predicted molar refractivity (Wildman–Crippen MR) is 85.8 cm³/mol. The summed E-state index contributed by atoms with van der Waals surface area (Å²) in [4.78, 5) is 5.49. The van der Waals surface area contributed by atoms with Crippen LogP contribution in [0.15, 0.2) is 42.0 Å². The molecule has 1 unspecified atom stereocenters. The van der Waals surface area contributed by atoms with E-state index in [-0.39, 0.29) is 0 Å². The van der Waals surface area contributed by atoms with Gasteiger partial charge in [-0.05, 0) is 42.5 Å². The Morgan fingerprint density at radius 1 is 1.29 bits per heavy atom. The van der Waals surface area contributed by atoms with Gasteiger partial charge < -0.3 is 5.32 Å². The summed E-state index contributed by atoms with van der Waals surface area (Å²) in [7, 11) is 0. The lowest BCUT2D eigenvalue weighted by Gasteiger charge is -2.25. The fraction of sp³-hybridized carbons (Fsp3) is 0.250. The summed E-state index contributed by atoms with van der Waals surface area (Å²) in [5, 5.41) is 10.5. The van der Waals surface area contributed by atoms with Crippen LogP contribution in [0.3, 0.4) is 0 Å². The zero-order valence-corrected chi connectivity index (χ0v) is 12.6. The number of nitrogens with zero attached hydrogens (tertiary/aromatic N) is 3. The van der Waals surface area contributed by atoms with E-state index in [0.29, 0.717) is 6.04 Å². The molecule has 1 atom stereocenters. The van der Waals surface area contributed by atoms with Gasteiger partial charge in [0.1, 0.15) is 5.82 Å². The van der Waals surface area contributed by atoms with Gasteiger partial charge in [0.15, 0.2) is 0 Å². The number of aryl methyl sites for hydroxylation is 1. The van der Waals surface area contributed by atoms with Crippen LogP contribution in [0.1, 0.15) is 22.9 Å². The maximum atomic E-state index is 4.83. The van der Waals surface area contributed by atoms with E-state index in [9.17, 15) is 0 Å². The maximum absolute atomic E-state index is 4.83. The first-order chi connectivity index (χ1) is 10.3. The maximum Gasteiger partial charge on any atom is 0.125 e. The summed E-state index contributed by atoms with van der Waals surface area (Å²) in [5.74, 6) is 1.10. The second-order valence-electron chi connectivity index (χ2n) is 5.29. The molecule has 4 rings (SSSR count). The van der Waals surface area contributed by atoms with Gasteiger partial charge in [-0.1, -0.05) is 0 Å². The largest absolute Gasteiger partial charge is 0.370 e. The molecule has 0 aliphatic carbocycles. The van der Waals surface area contributed by atoms with Gasteiger partial charge in [-0.25, -0.2) is 4.68 Å². The van der Waals surface area contributed by atoms with Crippen molar-refractivity contribution in [2.75, 3.05) is 11.9 Å². The average Bonchev–Trinajstić information content (AvgIpc) is 3.14. The second kappa shape index (κ2) is 5.00. The molecule has 106 valence electrons. The van der Waals surface area contributed by atoms with E-state index in [1.54, 1.807) is 0 Å². The molecule has 1 aliphatic heterocycles. The molecular weight excluding hydrogens is 280 g/mol. The summed E-state index contributed by atoms with van der Waals surface area (Å²) < 4.78 is 2.14. The highest BCUT2D eigenvalue weighted by Gasteiger charge is 2.25. The Morgan fingerprint density at radius 2 is 2.14 bits per heavy atom. The quantitative estimate of drug-likeness (QED) is 0.783. The summed E-state index contributed by atoms with van der Waals surface area (Å²) >= 11 is 1.83. The van der Waals surface area contributed by atoms with E-state index in [1.807, 2.05) is 35.9 Å². The number of thiophene rings is 1. The minimum Gasteiger partial charge on any atom is -0.370 e. The number of anilines is 1. The lowest BCUT2D eigenvalue weighted by Crippen LogP contribution is -2.24. The van der Waals surface area contributed by atoms with E-state index in [1.165, 1.54) is 10.4 Å². The van der Waals surface area contributed by atoms with Crippen LogP contribution in [0.25, 0.3) is 11.3 Å². The van der Waals surface area contributed by atoms with Crippen LogP contribution in [0.4, 0.5) is 5.82 Å². The Balaban J connectivity index is 1.79. The molecule has 0 saturated carbocycles. The number of hydrogen-bond donors (Lipinski definition) is 1. The molecule has 4 nitrogen and oxygen atoms in total.